The molecule has 1 atom stereocenters. The number of carbonyl (C=O) groups is 2. The lowest BCUT2D eigenvalue weighted by Crippen LogP contribution is -2.43. The monoisotopic (exact) mass is 545 g/mol. The molecule has 4 rings (SSSR count). The molecule has 200 valence electrons. The number of benzene rings is 2. The van der Waals surface area contributed by atoms with Gasteiger partial charge in [-0.1, -0.05) is 18.2 Å². The van der Waals surface area contributed by atoms with Crippen LogP contribution in [0.25, 0.3) is 0 Å². The molecule has 0 radical (unpaired) electrons. The van der Waals surface area contributed by atoms with E-state index in [0.717, 1.165) is 21.4 Å². The van der Waals surface area contributed by atoms with E-state index in [-0.39, 0.29) is 43.3 Å². The maximum Gasteiger partial charge on any atom is 0.414 e. The van der Waals surface area contributed by atoms with Crippen LogP contribution < -0.4 is 20.5 Å². The molecule has 2 fully saturated rings. The van der Waals surface area contributed by atoms with Crippen LogP contribution in [0.2, 0.25) is 0 Å². The summed E-state index contributed by atoms with van der Waals surface area (Å²) in [5.74, 6) is -3.51. The number of alkyl halides is 2. The van der Waals surface area contributed by atoms with Crippen molar-refractivity contribution in [3.8, 4) is 0 Å². The van der Waals surface area contributed by atoms with Gasteiger partial charge in [0.05, 0.1) is 23.7 Å². The average molecular weight is 546 g/mol. The van der Waals surface area contributed by atoms with Crippen molar-refractivity contribution in [2.24, 2.45) is 0 Å². The Labute approximate surface area is 209 Å². The molecule has 0 aromatic heterocycles. The van der Waals surface area contributed by atoms with Crippen LogP contribution in [-0.2, 0) is 19.6 Å². The van der Waals surface area contributed by atoms with E-state index >= 15 is 8.78 Å². The van der Waals surface area contributed by atoms with E-state index in [0.29, 0.717) is 0 Å². The molecule has 2 heterocycles. The van der Waals surface area contributed by atoms with Crippen LogP contribution >= 0.6 is 0 Å². The Kier molecular flexibility index (Phi) is 7.85. The van der Waals surface area contributed by atoms with Crippen molar-refractivity contribution in [1.29, 1.82) is 0 Å². The van der Waals surface area contributed by atoms with Gasteiger partial charge in [-0.2, -0.15) is 8.78 Å². The van der Waals surface area contributed by atoms with E-state index in [2.05, 4.69) is 5.43 Å². The molecule has 2 N–H and O–H groups in total. The summed E-state index contributed by atoms with van der Waals surface area (Å²) in [6, 6.07) is 9.59. The highest BCUT2D eigenvalue weighted by Crippen LogP contribution is 2.31. The number of rotatable bonds is 7. The Bertz CT molecular complexity index is 1240. The number of nitrogens with one attached hydrogen (secondary N) is 2. The molecular weight excluding hydrogens is 522 g/mol. The topological polar surface area (TPSA) is 111 Å². The number of anilines is 2. The fourth-order valence-corrected chi connectivity index (χ4v) is 5.34. The third kappa shape index (κ3) is 5.78. The van der Waals surface area contributed by atoms with Crippen molar-refractivity contribution < 1.29 is 40.3 Å². The fourth-order valence-electron chi connectivity index (χ4n) is 4.00. The lowest BCUT2D eigenvalue weighted by atomic mass is 10.2. The minimum Gasteiger partial charge on any atom is -0.442 e. The maximum absolute atomic E-state index is 15.1. The molecule has 0 saturated carbocycles. The van der Waals surface area contributed by atoms with Gasteiger partial charge in [0.2, 0.25) is 0 Å². The number of hydrazine groups is 1. The Morgan fingerprint density at radius 2 is 1.78 bits per heavy atom. The van der Waals surface area contributed by atoms with Crippen molar-refractivity contribution in [2.75, 3.05) is 49.1 Å². The number of cyclic esters (lactones) is 1. The van der Waals surface area contributed by atoms with Gasteiger partial charge in [0.1, 0.15) is 11.8 Å². The summed E-state index contributed by atoms with van der Waals surface area (Å²) in [6.45, 7) is -0.562. The van der Waals surface area contributed by atoms with E-state index in [1.807, 2.05) is 5.32 Å². The zero-order valence-electron chi connectivity index (χ0n) is 19.2. The van der Waals surface area contributed by atoms with Gasteiger partial charge in [-0.3, -0.25) is 9.69 Å². The maximum atomic E-state index is 15.1. The molecule has 2 aliphatic rings. The number of amides is 2. The zero-order valence-corrected chi connectivity index (χ0v) is 20.1. The molecule has 2 aliphatic heterocycles. The van der Waals surface area contributed by atoms with E-state index in [1.54, 1.807) is 18.2 Å². The molecule has 0 unspecified atom stereocenters. The van der Waals surface area contributed by atoms with Crippen molar-refractivity contribution in [3.05, 3.63) is 54.1 Å². The first-order chi connectivity index (χ1) is 17.6. The van der Waals surface area contributed by atoms with E-state index in [4.69, 9.17) is 4.74 Å². The summed E-state index contributed by atoms with van der Waals surface area (Å²) in [6.07, 6.45) is -5.18. The average Bonchev–Trinajstić information content (AvgIpc) is 3.06. The predicted molar refractivity (Wildman–Crippen MR) is 124 cm³/mol. The van der Waals surface area contributed by atoms with Crippen LogP contribution in [0.4, 0.5) is 33.7 Å². The quantitative estimate of drug-likeness (QED) is 0.510. The van der Waals surface area contributed by atoms with Gasteiger partial charge in [-0.25, -0.2) is 27.4 Å². The largest absolute Gasteiger partial charge is 0.442 e. The summed E-state index contributed by atoms with van der Waals surface area (Å²) in [7, 11) is -3.87. The summed E-state index contributed by atoms with van der Waals surface area (Å²) < 4.78 is 86.6. The normalized spacial score (nSPS) is 19.2. The van der Waals surface area contributed by atoms with E-state index in [9.17, 15) is 26.8 Å². The van der Waals surface area contributed by atoms with Crippen LogP contribution in [0, 0.1) is 11.6 Å². The van der Waals surface area contributed by atoms with Crippen LogP contribution in [0.15, 0.2) is 47.4 Å². The van der Waals surface area contributed by atoms with Gasteiger partial charge in [-0.15, -0.1) is 4.41 Å². The Morgan fingerprint density at radius 3 is 2.43 bits per heavy atom. The van der Waals surface area contributed by atoms with E-state index in [1.165, 1.54) is 17.0 Å². The molecule has 10 nitrogen and oxygen atoms in total. The zero-order chi connectivity index (χ0) is 26.7. The lowest BCUT2D eigenvalue weighted by Gasteiger charge is -2.25. The highest BCUT2D eigenvalue weighted by atomic mass is 32.2. The van der Waals surface area contributed by atoms with Gasteiger partial charge in [-0.05, 0) is 12.1 Å². The predicted octanol–water partition coefficient (Wildman–Crippen LogP) is 1.69. The van der Waals surface area contributed by atoms with E-state index < -0.39 is 58.4 Å². The molecule has 0 aliphatic carbocycles. The minimum absolute atomic E-state index is 0.0239. The molecular formula is C22H23F4N5O5S. The third-order valence-corrected chi connectivity index (χ3v) is 7.54. The van der Waals surface area contributed by atoms with Gasteiger partial charge < -0.3 is 15.0 Å². The smallest absolute Gasteiger partial charge is 0.414 e. The molecule has 2 amide bonds. The molecule has 2 aromatic rings. The lowest BCUT2D eigenvalue weighted by molar-refractivity contribution is -0.132. The van der Waals surface area contributed by atoms with Crippen molar-refractivity contribution in [3.63, 3.8) is 0 Å². The van der Waals surface area contributed by atoms with Crippen LogP contribution in [0.1, 0.15) is 0 Å². The molecule has 2 aromatic carbocycles. The summed E-state index contributed by atoms with van der Waals surface area (Å²) in [4.78, 5) is 25.6. The standard InChI is InChI=1S/C22H23F4N5O5S/c23-17-10-14(30-13-15(36-22(30)33)12-27-21(32)20(25)26)11-18(24)19(17)29-7-6-28-31(9-8-29)37(34,35)16-4-2-1-3-5-16/h1-5,10-11,15,20,28H,6-9,12-13H2,(H,27,32)/t15-/m0/s1. The summed E-state index contributed by atoms with van der Waals surface area (Å²) >= 11 is 0. The second kappa shape index (κ2) is 10.9. The number of carbonyl (C=O) groups excluding carboxylic acids is 2. The van der Waals surface area contributed by atoms with Crippen molar-refractivity contribution in [1.82, 2.24) is 15.2 Å². The number of ether oxygens (including phenoxy) is 1. The number of sulfonamides is 1. The highest BCUT2D eigenvalue weighted by molar-refractivity contribution is 7.89. The molecule has 15 heteroatoms. The first-order valence-corrected chi connectivity index (χ1v) is 12.6. The number of nitrogens with zero attached hydrogens (tertiary/aromatic N) is 3. The van der Waals surface area contributed by atoms with Gasteiger partial charge in [0, 0.05) is 38.3 Å². The molecule has 37 heavy (non-hydrogen) atoms. The Morgan fingerprint density at radius 1 is 1.11 bits per heavy atom. The molecule has 0 bridgehead atoms. The van der Waals surface area contributed by atoms with Crippen molar-refractivity contribution in [2.45, 2.75) is 17.4 Å². The van der Waals surface area contributed by atoms with Gasteiger partial charge in [0.15, 0.2) is 11.6 Å². The van der Waals surface area contributed by atoms with Gasteiger partial charge in [0.25, 0.3) is 15.9 Å². The summed E-state index contributed by atoms with van der Waals surface area (Å²) in [5.41, 5.74) is 2.21. The Hall–Kier alpha value is -3.43. The highest BCUT2D eigenvalue weighted by Gasteiger charge is 2.35. The number of hydrogen-bond donors (Lipinski definition) is 2. The Balaban J connectivity index is 1.45. The van der Waals surface area contributed by atoms with Gasteiger partial charge >= 0.3 is 12.5 Å². The van der Waals surface area contributed by atoms with Crippen LogP contribution in [-0.4, -0.2) is 76.6 Å². The second-order valence-corrected chi connectivity index (χ2v) is 10.1. The molecule has 0 spiro atoms. The third-order valence-electron chi connectivity index (χ3n) is 5.78. The number of hydrogen-bond acceptors (Lipinski definition) is 7. The SMILES string of the molecule is O=C(NC[C@H]1CN(c2cc(F)c(N3CCNN(S(=O)(=O)c4ccccc4)CC3)c(F)c2)C(=O)O1)C(F)F. The van der Waals surface area contributed by atoms with Crippen LogP contribution in [0.3, 0.4) is 0 Å². The first-order valence-electron chi connectivity index (χ1n) is 11.2. The number of halogens is 4. The first kappa shape index (κ1) is 26.6. The van der Waals surface area contributed by atoms with Crippen LogP contribution in [0.5, 0.6) is 0 Å². The summed E-state index contributed by atoms with van der Waals surface area (Å²) in [5, 5.41) is 1.92. The molecule has 2 saturated heterocycles. The minimum atomic E-state index is -3.87. The fraction of sp³-hybridized carbons (Fsp3) is 0.364. The van der Waals surface area contributed by atoms with Crippen molar-refractivity contribution >= 4 is 33.4 Å². The second-order valence-electron chi connectivity index (χ2n) is 8.21.